The molecule has 144 valence electrons. The molecule has 0 fully saturated rings. The highest BCUT2D eigenvalue weighted by Crippen LogP contribution is 1.96. The minimum atomic E-state index is -0.745. The Balaban J connectivity index is -0.000000112. The van der Waals surface area contributed by atoms with Crippen LogP contribution in [0.15, 0.2) is 0 Å². The summed E-state index contributed by atoms with van der Waals surface area (Å²) in [5, 5.41) is 31.7. The van der Waals surface area contributed by atoms with Crippen LogP contribution in [0, 0.1) is 11.8 Å². The van der Waals surface area contributed by atoms with Crippen LogP contribution in [0.2, 0.25) is 0 Å². The number of hydrogen-bond donors (Lipinski definition) is 4. The Bertz CT molecular complexity index is 348. The molecule has 0 rings (SSSR count). The van der Waals surface area contributed by atoms with Crippen molar-refractivity contribution >= 4 is 23.9 Å². The van der Waals surface area contributed by atoms with Gasteiger partial charge in [0.25, 0.3) is 0 Å². The van der Waals surface area contributed by atoms with Gasteiger partial charge in [0.15, 0.2) is 0 Å². The van der Waals surface area contributed by atoms with E-state index in [1.165, 1.54) is 0 Å². The Kier molecular flexibility index (Phi) is 26.0. The largest absolute Gasteiger partial charge is 0.481 e. The lowest BCUT2D eigenvalue weighted by molar-refractivity contribution is -0.141. The zero-order valence-corrected chi connectivity index (χ0v) is 15.4. The number of carbonyl (C=O) groups is 4. The van der Waals surface area contributed by atoms with Crippen molar-refractivity contribution in [3.8, 4) is 0 Å². The fraction of sp³-hybridized carbons (Fsp3) is 0.750. The summed E-state index contributed by atoms with van der Waals surface area (Å²) in [5.41, 5.74) is 0. The van der Waals surface area contributed by atoms with Crippen molar-refractivity contribution in [3.05, 3.63) is 0 Å². The maximum atomic E-state index is 9.81. The van der Waals surface area contributed by atoms with E-state index in [9.17, 15) is 19.2 Å². The molecule has 4 N–H and O–H groups in total. The van der Waals surface area contributed by atoms with Gasteiger partial charge in [0.1, 0.15) is 0 Å². The second-order valence-corrected chi connectivity index (χ2v) is 5.38. The molecule has 0 aliphatic carbocycles. The number of aliphatic carboxylic acids is 4. The standard InChI is InChI=1S/C5H10O2.2C4H8O2.C3H6O2/c1-4(2)3-5(6)7;1-3(2)4(5)6;1-2-3-4(5)6;1-2-3(4)5/h4H,3H2,1-2H3,(H,6,7);3H,1-2H3,(H,5,6);2-3H2,1H3,(H,5,6);2H2,1H3,(H,4,5). The Hall–Kier alpha value is -2.12. The molecule has 0 saturated carbocycles. The smallest absolute Gasteiger partial charge is 0.305 e. The summed E-state index contributed by atoms with van der Waals surface area (Å²) in [6.07, 6.45) is 1.52. The van der Waals surface area contributed by atoms with Gasteiger partial charge in [-0.1, -0.05) is 41.5 Å². The summed E-state index contributed by atoms with van der Waals surface area (Å²) >= 11 is 0. The third-order valence-electron chi connectivity index (χ3n) is 1.84. The molecule has 0 spiro atoms. The van der Waals surface area contributed by atoms with Crippen LogP contribution in [0.5, 0.6) is 0 Å². The van der Waals surface area contributed by atoms with E-state index in [-0.39, 0.29) is 24.7 Å². The highest BCUT2D eigenvalue weighted by Gasteiger charge is 1.99. The van der Waals surface area contributed by atoms with E-state index in [0.717, 1.165) is 6.42 Å². The molecule has 24 heavy (non-hydrogen) atoms. The summed E-state index contributed by atoms with van der Waals surface area (Å²) in [5.74, 6) is -2.87. The maximum absolute atomic E-state index is 9.81. The zero-order chi connectivity index (χ0) is 20.3. The number of carboxylic acid groups (broad SMARTS) is 4. The van der Waals surface area contributed by atoms with E-state index < -0.39 is 23.9 Å². The summed E-state index contributed by atoms with van der Waals surface area (Å²) in [4.78, 5) is 38.5. The summed E-state index contributed by atoms with van der Waals surface area (Å²) in [7, 11) is 0. The lowest BCUT2D eigenvalue weighted by Crippen LogP contribution is -2.03. The van der Waals surface area contributed by atoms with Crippen molar-refractivity contribution in [2.75, 3.05) is 0 Å². The van der Waals surface area contributed by atoms with E-state index in [2.05, 4.69) is 0 Å². The quantitative estimate of drug-likeness (QED) is 0.569. The monoisotopic (exact) mass is 352 g/mol. The maximum Gasteiger partial charge on any atom is 0.305 e. The van der Waals surface area contributed by atoms with Crippen molar-refractivity contribution < 1.29 is 39.6 Å². The lowest BCUT2D eigenvalue weighted by atomic mass is 10.1. The first-order valence-corrected chi connectivity index (χ1v) is 7.69. The number of rotatable bonds is 6. The summed E-state index contributed by atoms with van der Waals surface area (Å²) < 4.78 is 0. The Morgan fingerprint density at radius 3 is 1.08 bits per heavy atom. The Labute approximate surface area is 143 Å². The van der Waals surface area contributed by atoms with Gasteiger partial charge in [-0.05, 0) is 12.3 Å². The molecule has 0 aliphatic heterocycles. The molecule has 8 nitrogen and oxygen atoms in total. The van der Waals surface area contributed by atoms with Gasteiger partial charge in [0.05, 0.1) is 5.92 Å². The normalized spacial score (nSPS) is 8.67. The van der Waals surface area contributed by atoms with Gasteiger partial charge in [-0.25, -0.2) is 0 Å². The SMILES string of the molecule is CC(C)C(=O)O.CC(C)CC(=O)O.CCC(=O)O.CCCC(=O)O. The average molecular weight is 352 g/mol. The van der Waals surface area contributed by atoms with Crippen molar-refractivity contribution in [3.63, 3.8) is 0 Å². The van der Waals surface area contributed by atoms with Gasteiger partial charge in [-0.15, -0.1) is 0 Å². The van der Waals surface area contributed by atoms with Crippen LogP contribution in [-0.4, -0.2) is 44.3 Å². The van der Waals surface area contributed by atoms with Crippen molar-refractivity contribution in [2.45, 2.75) is 67.2 Å². The van der Waals surface area contributed by atoms with E-state index >= 15 is 0 Å². The first-order valence-electron chi connectivity index (χ1n) is 7.69. The van der Waals surface area contributed by atoms with Crippen LogP contribution in [0.1, 0.15) is 67.2 Å². The van der Waals surface area contributed by atoms with E-state index in [1.54, 1.807) is 20.8 Å². The minimum absolute atomic E-state index is 0.222. The van der Waals surface area contributed by atoms with Crippen molar-refractivity contribution in [1.29, 1.82) is 0 Å². The van der Waals surface area contributed by atoms with Crippen LogP contribution < -0.4 is 0 Å². The van der Waals surface area contributed by atoms with Gasteiger partial charge in [-0.3, -0.25) is 19.2 Å². The van der Waals surface area contributed by atoms with Crippen molar-refractivity contribution in [2.24, 2.45) is 11.8 Å². The molecular formula is C16H32O8. The average Bonchev–Trinajstić information content (AvgIpc) is 2.38. The highest BCUT2D eigenvalue weighted by molar-refractivity contribution is 5.68. The van der Waals surface area contributed by atoms with Gasteiger partial charge in [-0.2, -0.15) is 0 Å². The van der Waals surface area contributed by atoms with Gasteiger partial charge >= 0.3 is 23.9 Å². The van der Waals surface area contributed by atoms with Crippen LogP contribution in [0.4, 0.5) is 0 Å². The number of hydrogen-bond acceptors (Lipinski definition) is 4. The molecule has 0 aromatic rings. The van der Waals surface area contributed by atoms with Crippen LogP contribution >= 0.6 is 0 Å². The molecule has 0 aromatic heterocycles. The highest BCUT2D eigenvalue weighted by atomic mass is 16.4. The summed E-state index contributed by atoms with van der Waals surface area (Å²) in [6.45, 7) is 10.5. The van der Waals surface area contributed by atoms with Gasteiger partial charge < -0.3 is 20.4 Å². The molecule has 0 atom stereocenters. The molecule has 0 heterocycles. The third-order valence-corrected chi connectivity index (χ3v) is 1.84. The number of carboxylic acids is 4. The van der Waals surface area contributed by atoms with E-state index in [0.29, 0.717) is 6.42 Å². The first-order chi connectivity index (χ1) is 10.8. The fourth-order valence-electron chi connectivity index (χ4n) is 0.563. The molecule has 0 bridgehead atoms. The fourth-order valence-corrected chi connectivity index (χ4v) is 0.563. The van der Waals surface area contributed by atoms with Gasteiger partial charge in [0, 0.05) is 19.3 Å². The van der Waals surface area contributed by atoms with Crippen LogP contribution in [-0.2, 0) is 19.2 Å². The third kappa shape index (κ3) is 59.9. The molecule has 0 amide bonds. The predicted molar refractivity (Wildman–Crippen MR) is 90.0 cm³/mol. The zero-order valence-electron chi connectivity index (χ0n) is 15.4. The summed E-state index contributed by atoms with van der Waals surface area (Å²) in [6, 6.07) is 0. The van der Waals surface area contributed by atoms with E-state index in [1.807, 2.05) is 20.8 Å². The molecule has 8 heteroatoms. The molecule has 0 radical (unpaired) electrons. The molecule has 0 aromatic carbocycles. The molecule has 0 unspecified atom stereocenters. The van der Waals surface area contributed by atoms with Crippen LogP contribution in [0.3, 0.4) is 0 Å². The second kappa shape index (κ2) is 20.9. The lowest BCUT2D eigenvalue weighted by Gasteiger charge is -1.94. The molecule has 0 aliphatic rings. The minimum Gasteiger partial charge on any atom is -0.481 e. The van der Waals surface area contributed by atoms with Crippen molar-refractivity contribution in [1.82, 2.24) is 0 Å². The first kappa shape index (κ1) is 29.8. The second-order valence-electron chi connectivity index (χ2n) is 5.38. The Morgan fingerprint density at radius 2 is 1.08 bits per heavy atom. The van der Waals surface area contributed by atoms with Crippen LogP contribution in [0.25, 0.3) is 0 Å². The van der Waals surface area contributed by atoms with E-state index in [4.69, 9.17) is 20.4 Å². The Morgan fingerprint density at radius 1 is 0.750 bits per heavy atom. The molecule has 0 saturated heterocycles. The topological polar surface area (TPSA) is 149 Å². The van der Waals surface area contributed by atoms with Gasteiger partial charge in [0.2, 0.25) is 0 Å². The predicted octanol–water partition coefficient (Wildman–Crippen LogP) is 3.20. The molecular weight excluding hydrogens is 320 g/mol.